The molecule has 0 N–H and O–H groups in total. The van der Waals surface area contributed by atoms with Crippen LogP contribution in [0.15, 0.2) is 23.0 Å². The molecule has 3 fully saturated rings. The maximum absolute atomic E-state index is 11.8. The van der Waals surface area contributed by atoms with Gasteiger partial charge in [-0.1, -0.05) is 32.4 Å². The summed E-state index contributed by atoms with van der Waals surface area (Å²) in [6, 6.07) is 0. The molecule has 2 amide bonds. The number of nitrogens with zero attached hydrogens (tertiary/aromatic N) is 1. The number of hydrogen-bond donors (Lipinski definition) is 0. The van der Waals surface area contributed by atoms with E-state index in [1.165, 1.54) is 44.1 Å². The number of imide groups is 1. The molecule has 9 atom stereocenters. The Morgan fingerprint density at radius 3 is 2.49 bits per heavy atom. The van der Waals surface area contributed by atoms with E-state index in [1.54, 1.807) is 5.57 Å². The second-order valence-corrected chi connectivity index (χ2v) is 14.0. The Kier molecular flexibility index (Phi) is 7.56. The fourth-order valence-corrected chi connectivity index (χ4v) is 9.81. The van der Waals surface area contributed by atoms with Crippen molar-refractivity contribution in [2.75, 3.05) is 6.54 Å². The highest BCUT2D eigenvalue weighted by Gasteiger charge is 2.63. The van der Waals surface area contributed by atoms with Crippen LogP contribution in [0, 0.1) is 40.4 Å². The number of carbonyl (C=O) groups is 3. The third kappa shape index (κ3) is 4.88. The van der Waals surface area contributed by atoms with Gasteiger partial charge in [-0.2, -0.15) is 0 Å². The monoisotopic (exact) mass is 539 g/mol. The normalized spacial score (nSPS) is 39.4. The summed E-state index contributed by atoms with van der Waals surface area (Å²) in [7, 11) is 0. The SMILES string of the molecule is CC(=O)O[C@H]1CC[C@@]2(C)C(=CC[C@@H]3[C@H]4C[C@@H]5OC(CC[C@H](C)CN(C(C)=O)C(C)=O)=C(C)[C@H]5[C@@]4(C)CC[C@H]32)C1. The van der Waals surface area contributed by atoms with Crippen LogP contribution in [0.3, 0.4) is 0 Å². The molecule has 4 aliphatic carbocycles. The number of esters is 1. The van der Waals surface area contributed by atoms with Crippen LogP contribution in [0.25, 0.3) is 0 Å². The summed E-state index contributed by atoms with van der Waals surface area (Å²) in [6.07, 6.45) is 12.5. The zero-order chi connectivity index (χ0) is 28.3. The molecule has 0 radical (unpaired) electrons. The van der Waals surface area contributed by atoms with Crippen molar-refractivity contribution < 1.29 is 23.9 Å². The average Bonchev–Trinajstić information content (AvgIpc) is 3.33. The first-order chi connectivity index (χ1) is 18.3. The van der Waals surface area contributed by atoms with Gasteiger partial charge in [0.2, 0.25) is 11.8 Å². The van der Waals surface area contributed by atoms with Gasteiger partial charge < -0.3 is 9.47 Å². The zero-order valence-electron chi connectivity index (χ0n) is 25.2. The molecule has 0 bridgehead atoms. The fraction of sp³-hybridized carbons (Fsp3) is 0.788. The Morgan fingerprint density at radius 1 is 1.10 bits per heavy atom. The predicted molar refractivity (Wildman–Crippen MR) is 150 cm³/mol. The van der Waals surface area contributed by atoms with E-state index in [0.29, 0.717) is 30.2 Å². The van der Waals surface area contributed by atoms with Crippen molar-refractivity contribution in [2.24, 2.45) is 40.4 Å². The molecular weight excluding hydrogens is 490 g/mol. The lowest BCUT2D eigenvalue weighted by molar-refractivity contribution is -0.149. The molecular formula is C33H49NO5. The molecule has 216 valence electrons. The Morgan fingerprint density at radius 2 is 1.82 bits per heavy atom. The van der Waals surface area contributed by atoms with Gasteiger partial charge >= 0.3 is 5.97 Å². The van der Waals surface area contributed by atoms with Gasteiger partial charge in [-0.3, -0.25) is 19.3 Å². The first-order valence-electron chi connectivity index (χ1n) is 15.4. The lowest BCUT2D eigenvalue weighted by Gasteiger charge is -2.58. The van der Waals surface area contributed by atoms with E-state index in [-0.39, 0.29) is 46.7 Å². The van der Waals surface area contributed by atoms with Crippen LogP contribution in [0.4, 0.5) is 0 Å². The second kappa shape index (κ2) is 10.4. The number of carbonyl (C=O) groups excluding carboxylic acids is 3. The number of allylic oxidation sites excluding steroid dienone is 2. The maximum atomic E-state index is 11.8. The van der Waals surface area contributed by atoms with Gasteiger partial charge in [-0.15, -0.1) is 0 Å². The summed E-state index contributed by atoms with van der Waals surface area (Å²) in [5, 5.41) is 0. The van der Waals surface area contributed by atoms with Gasteiger partial charge in [0, 0.05) is 46.1 Å². The lowest BCUT2D eigenvalue weighted by atomic mass is 9.47. The highest BCUT2D eigenvalue weighted by atomic mass is 16.5. The minimum atomic E-state index is -0.179. The highest BCUT2D eigenvalue weighted by Crippen LogP contribution is 2.69. The van der Waals surface area contributed by atoms with Gasteiger partial charge in [-0.25, -0.2) is 0 Å². The first-order valence-corrected chi connectivity index (χ1v) is 15.4. The number of fused-ring (bicyclic) bond motifs is 7. The zero-order valence-corrected chi connectivity index (χ0v) is 25.2. The summed E-state index contributed by atoms with van der Waals surface area (Å²) in [5.41, 5.74) is 3.50. The van der Waals surface area contributed by atoms with E-state index in [4.69, 9.17) is 9.47 Å². The van der Waals surface area contributed by atoms with Crippen molar-refractivity contribution in [1.82, 2.24) is 4.90 Å². The summed E-state index contributed by atoms with van der Waals surface area (Å²) >= 11 is 0. The van der Waals surface area contributed by atoms with Gasteiger partial charge in [0.1, 0.15) is 12.2 Å². The van der Waals surface area contributed by atoms with Gasteiger partial charge in [0.25, 0.3) is 0 Å². The van der Waals surface area contributed by atoms with Crippen LogP contribution in [0.5, 0.6) is 0 Å². The van der Waals surface area contributed by atoms with E-state index in [2.05, 4.69) is 33.8 Å². The third-order valence-corrected chi connectivity index (χ3v) is 11.7. The fourth-order valence-electron chi connectivity index (χ4n) is 9.81. The van der Waals surface area contributed by atoms with Gasteiger partial charge in [0.15, 0.2) is 0 Å². The van der Waals surface area contributed by atoms with Crippen LogP contribution >= 0.6 is 0 Å². The summed E-state index contributed by atoms with van der Waals surface area (Å²) in [6.45, 7) is 14.4. The van der Waals surface area contributed by atoms with Crippen molar-refractivity contribution in [1.29, 1.82) is 0 Å². The summed E-state index contributed by atoms with van der Waals surface area (Å²) < 4.78 is 12.4. The number of rotatable bonds is 6. The molecule has 0 aromatic rings. The quantitative estimate of drug-likeness (QED) is 0.281. The van der Waals surface area contributed by atoms with Crippen molar-refractivity contribution in [3.05, 3.63) is 23.0 Å². The molecule has 6 heteroatoms. The Balaban J connectivity index is 1.27. The average molecular weight is 540 g/mol. The Hall–Kier alpha value is -2.11. The second-order valence-electron chi connectivity index (χ2n) is 14.0. The summed E-state index contributed by atoms with van der Waals surface area (Å²) in [5.74, 6) is 3.48. The van der Waals surface area contributed by atoms with E-state index >= 15 is 0 Å². The Labute approximate surface area is 234 Å². The Bertz CT molecular complexity index is 1080. The molecule has 6 nitrogen and oxygen atoms in total. The topological polar surface area (TPSA) is 72.9 Å². The highest BCUT2D eigenvalue weighted by molar-refractivity contribution is 5.92. The molecule has 1 aliphatic heterocycles. The van der Waals surface area contributed by atoms with E-state index in [1.807, 2.05) is 0 Å². The number of hydrogen-bond acceptors (Lipinski definition) is 5. The van der Waals surface area contributed by atoms with Crippen LogP contribution < -0.4 is 0 Å². The number of ether oxygens (including phenoxy) is 2. The van der Waals surface area contributed by atoms with Crippen LogP contribution in [0.2, 0.25) is 0 Å². The molecule has 1 heterocycles. The van der Waals surface area contributed by atoms with Crippen LogP contribution in [0.1, 0.15) is 106 Å². The van der Waals surface area contributed by atoms with Gasteiger partial charge in [0.05, 0.1) is 5.76 Å². The first kappa shape index (κ1) is 28.4. The molecule has 39 heavy (non-hydrogen) atoms. The van der Waals surface area contributed by atoms with E-state index < -0.39 is 0 Å². The minimum absolute atomic E-state index is 0.0494. The lowest BCUT2D eigenvalue weighted by Crippen LogP contribution is -2.50. The molecule has 5 rings (SSSR count). The largest absolute Gasteiger partial charge is 0.494 e. The van der Waals surface area contributed by atoms with Crippen molar-refractivity contribution in [3.8, 4) is 0 Å². The molecule has 0 aromatic carbocycles. The molecule has 0 saturated heterocycles. The van der Waals surface area contributed by atoms with Crippen molar-refractivity contribution >= 4 is 17.8 Å². The smallest absolute Gasteiger partial charge is 0.302 e. The van der Waals surface area contributed by atoms with Gasteiger partial charge in [-0.05, 0) is 91.9 Å². The minimum Gasteiger partial charge on any atom is -0.494 e. The van der Waals surface area contributed by atoms with E-state index in [0.717, 1.165) is 50.7 Å². The van der Waals surface area contributed by atoms with Crippen LogP contribution in [-0.2, 0) is 23.9 Å². The van der Waals surface area contributed by atoms with Crippen molar-refractivity contribution in [3.63, 3.8) is 0 Å². The van der Waals surface area contributed by atoms with Crippen LogP contribution in [-0.4, -0.2) is 41.4 Å². The standard InChI is InChI=1S/C33H49NO5/c1-19(18-34(21(3)35)22(4)36)8-11-29-20(2)31-30(39-29)17-28-26-10-9-24-16-25(38-23(5)37)12-14-32(24,6)27(26)13-15-33(28,31)7/h9,19,25-28,30-31H,8,10-18H2,1-7H3/t19-,25-,26-,27+,28+,30-,31+,32-,33-/m0/s1. The molecule has 5 aliphatic rings. The van der Waals surface area contributed by atoms with E-state index in [9.17, 15) is 14.4 Å². The summed E-state index contributed by atoms with van der Waals surface area (Å²) in [4.78, 5) is 36.6. The maximum Gasteiger partial charge on any atom is 0.302 e. The predicted octanol–water partition coefficient (Wildman–Crippen LogP) is 6.59. The molecule has 0 aromatic heterocycles. The third-order valence-electron chi connectivity index (χ3n) is 11.7. The molecule has 0 unspecified atom stereocenters. The molecule has 0 spiro atoms. The molecule has 3 saturated carbocycles. The van der Waals surface area contributed by atoms with Crippen molar-refractivity contribution in [2.45, 2.75) is 118 Å². The number of amides is 2.